The number of rotatable bonds is 6. The van der Waals surface area contributed by atoms with Crippen molar-refractivity contribution >= 4 is 21.8 Å². The molecule has 2 heterocycles. The lowest BCUT2D eigenvalue weighted by molar-refractivity contribution is -0.141. The number of sulfone groups is 1. The minimum Gasteiger partial charge on any atom is -0.444 e. The Labute approximate surface area is 291 Å². The molecule has 8 nitrogen and oxygen atoms in total. The number of piperazine rings is 1. The topological polar surface area (TPSA) is 87.2 Å². The van der Waals surface area contributed by atoms with E-state index in [0.717, 1.165) is 24.0 Å². The Kier molecular flexibility index (Phi) is 13.0. The summed E-state index contributed by atoms with van der Waals surface area (Å²) in [5.41, 5.74) is 1.49. The Morgan fingerprint density at radius 1 is 0.792 bits per heavy atom. The normalized spacial score (nSPS) is 19.3. The van der Waals surface area contributed by atoms with Gasteiger partial charge in [0.1, 0.15) is 5.60 Å². The van der Waals surface area contributed by atoms with Gasteiger partial charge in [-0.3, -0.25) is 9.69 Å². The molecule has 48 heavy (non-hydrogen) atoms. The van der Waals surface area contributed by atoms with Crippen molar-refractivity contribution in [3.63, 3.8) is 0 Å². The van der Waals surface area contributed by atoms with Gasteiger partial charge >= 0.3 is 6.09 Å². The van der Waals surface area contributed by atoms with E-state index in [4.69, 9.17) is 4.74 Å². The number of likely N-dealkylation sites (tertiary alicyclic amines) is 1. The second-order valence-electron chi connectivity index (χ2n) is 16.1. The summed E-state index contributed by atoms with van der Waals surface area (Å²) in [6.45, 7) is 24.6. The molecular weight excluding hydrogens is 623 g/mol. The highest BCUT2D eigenvalue weighted by atomic mass is 32.2. The van der Waals surface area contributed by atoms with Gasteiger partial charge in [-0.1, -0.05) is 77.1 Å². The summed E-state index contributed by atoms with van der Waals surface area (Å²) in [5, 5.41) is 0. The van der Waals surface area contributed by atoms with Gasteiger partial charge in [0.05, 0.1) is 15.7 Å². The molecule has 0 aliphatic carbocycles. The zero-order valence-electron chi connectivity index (χ0n) is 31.4. The Morgan fingerprint density at radius 2 is 1.33 bits per heavy atom. The van der Waals surface area contributed by atoms with Gasteiger partial charge in [0.15, 0.2) is 9.84 Å². The first kappa shape index (κ1) is 39.5. The molecule has 2 amide bonds. The molecule has 2 saturated heterocycles. The van der Waals surface area contributed by atoms with E-state index in [1.807, 2.05) is 65.0 Å². The van der Waals surface area contributed by atoms with E-state index in [-0.39, 0.29) is 35.4 Å². The van der Waals surface area contributed by atoms with Crippen LogP contribution in [0.3, 0.4) is 0 Å². The molecule has 2 aromatic carbocycles. The third-order valence-electron chi connectivity index (χ3n) is 9.25. The Bertz CT molecular complexity index is 1450. The predicted molar refractivity (Wildman–Crippen MR) is 195 cm³/mol. The fourth-order valence-electron chi connectivity index (χ4n) is 6.52. The maximum absolute atomic E-state index is 13.9. The summed E-state index contributed by atoms with van der Waals surface area (Å²) >= 11 is 0. The molecular formula is C39H61N3O5S. The highest BCUT2D eigenvalue weighted by Crippen LogP contribution is 2.37. The van der Waals surface area contributed by atoms with Crippen molar-refractivity contribution in [3.8, 4) is 0 Å². The number of ether oxygens (including phenoxy) is 1. The van der Waals surface area contributed by atoms with Crippen LogP contribution in [0.1, 0.15) is 113 Å². The summed E-state index contributed by atoms with van der Waals surface area (Å²) in [5.74, 6) is 0.424. The summed E-state index contributed by atoms with van der Waals surface area (Å²) in [6, 6.07) is 17.6. The lowest BCUT2D eigenvalue weighted by atomic mass is 9.82. The molecule has 0 spiro atoms. The predicted octanol–water partition coefficient (Wildman–Crippen LogP) is 7.97. The van der Waals surface area contributed by atoms with Crippen molar-refractivity contribution in [2.45, 2.75) is 123 Å². The summed E-state index contributed by atoms with van der Waals surface area (Å²) in [7, 11) is -3.46. The molecule has 9 heteroatoms. The number of carbonyl (C=O) groups is 2. The molecule has 4 rings (SSSR count). The van der Waals surface area contributed by atoms with Gasteiger partial charge < -0.3 is 14.5 Å². The van der Waals surface area contributed by atoms with Crippen LogP contribution >= 0.6 is 0 Å². The van der Waals surface area contributed by atoms with Crippen LogP contribution in [0.15, 0.2) is 59.5 Å². The third kappa shape index (κ3) is 9.84. The number of hydrogen-bond acceptors (Lipinski definition) is 6. The lowest BCUT2D eigenvalue weighted by Crippen LogP contribution is -2.60. The number of nitrogens with zero attached hydrogens (tertiary/aromatic N) is 3. The molecule has 0 saturated carbocycles. The van der Waals surface area contributed by atoms with Crippen LogP contribution in [0, 0.1) is 11.3 Å². The monoisotopic (exact) mass is 683 g/mol. The van der Waals surface area contributed by atoms with Gasteiger partial charge in [-0.2, -0.15) is 0 Å². The minimum atomic E-state index is -3.46. The number of carbonyl (C=O) groups excluding carboxylic acids is 2. The molecule has 2 unspecified atom stereocenters. The summed E-state index contributed by atoms with van der Waals surface area (Å²) in [4.78, 5) is 33.1. The molecule has 2 aliphatic rings. The highest BCUT2D eigenvalue weighted by Gasteiger charge is 2.41. The van der Waals surface area contributed by atoms with Crippen LogP contribution < -0.4 is 0 Å². The molecule has 0 aromatic heterocycles. The number of hydrogen-bond donors (Lipinski definition) is 0. The first-order chi connectivity index (χ1) is 22.3. The zero-order valence-corrected chi connectivity index (χ0v) is 32.2. The van der Waals surface area contributed by atoms with Gasteiger partial charge in [0, 0.05) is 45.2 Å². The van der Waals surface area contributed by atoms with Crippen LogP contribution in [-0.4, -0.2) is 84.2 Å². The minimum absolute atomic E-state index is 0.00218. The highest BCUT2D eigenvalue weighted by molar-refractivity contribution is 7.92. The Hall–Kier alpha value is -2.91. The van der Waals surface area contributed by atoms with Crippen molar-refractivity contribution in [2.75, 3.05) is 32.7 Å². The second-order valence-corrected chi connectivity index (χ2v) is 18.8. The van der Waals surface area contributed by atoms with E-state index >= 15 is 0 Å². The second kappa shape index (κ2) is 15.8. The molecule has 2 aliphatic heterocycles. The lowest BCUT2D eigenvalue weighted by Gasteiger charge is -2.50. The zero-order chi connectivity index (χ0) is 36.1. The standard InChI is InChI=1S/C37H55N3O5S.C2H6/c1-35(2,3)31-26-39(23-24-40(31)32(41)25-27-19-21-38(22-20-27)34(42)45-36(4,5)6)33(28-13-11-10-12-14-28)29-15-17-30(18-16-29)46(43,44)37(7,8)9;1-2/h10-18,27,31,33H,19-26H2,1-9H3;1-2H3. The average Bonchev–Trinajstić information content (AvgIpc) is 3.01. The van der Waals surface area contributed by atoms with Crippen molar-refractivity contribution < 1.29 is 22.7 Å². The molecule has 268 valence electrons. The van der Waals surface area contributed by atoms with Crippen LogP contribution in [0.2, 0.25) is 0 Å². The van der Waals surface area contributed by atoms with E-state index in [0.29, 0.717) is 44.0 Å². The molecule has 0 bridgehead atoms. The van der Waals surface area contributed by atoms with E-state index in [9.17, 15) is 18.0 Å². The third-order valence-corrected chi connectivity index (χ3v) is 11.8. The van der Waals surface area contributed by atoms with Crippen LogP contribution in [0.25, 0.3) is 0 Å². The molecule has 0 N–H and O–H groups in total. The van der Waals surface area contributed by atoms with E-state index < -0.39 is 20.2 Å². The van der Waals surface area contributed by atoms with Gasteiger partial charge in [0.25, 0.3) is 0 Å². The molecule has 0 radical (unpaired) electrons. The van der Waals surface area contributed by atoms with Crippen LogP contribution in [-0.2, 0) is 19.4 Å². The van der Waals surface area contributed by atoms with Crippen molar-refractivity contribution in [1.29, 1.82) is 0 Å². The number of piperidine rings is 1. The van der Waals surface area contributed by atoms with Gasteiger partial charge in [-0.15, -0.1) is 0 Å². The van der Waals surface area contributed by atoms with Crippen molar-refractivity contribution in [3.05, 3.63) is 65.7 Å². The molecule has 2 atom stereocenters. The quantitative estimate of drug-likeness (QED) is 0.307. The SMILES string of the molecule is CC.CC(C)(C)OC(=O)N1CCC(CC(=O)N2CCN(C(c3ccccc3)c3ccc(S(=O)(=O)C(C)(C)C)cc3)CC2C(C)(C)C)CC1. The van der Waals surface area contributed by atoms with Crippen LogP contribution in [0.4, 0.5) is 4.79 Å². The smallest absolute Gasteiger partial charge is 0.410 e. The Balaban J connectivity index is 0.00000307. The Morgan fingerprint density at radius 3 is 1.83 bits per heavy atom. The van der Waals surface area contributed by atoms with Gasteiger partial charge in [-0.25, -0.2) is 13.2 Å². The maximum atomic E-state index is 13.9. The molecule has 2 aromatic rings. The van der Waals surface area contributed by atoms with Crippen LogP contribution in [0.5, 0.6) is 0 Å². The van der Waals surface area contributed by atoms with Gasteiger partial charge in [0.2, 0.25) is 5.91 Å². The van der Waals surface area contributed by atoms with E-state index in [1.165, 1.54) is 0 Å². The largest absolute Gasteiger partial charge is 0.444 e. The fraction of sp³-hybridized carbons (Fsp3) is 0.641. The summed E-state index contributed by atoms with van der Waals surface area (Å²) in [6.07, 6.45) is 1.80. The molecule has 2 fully saturated rings. The first-order valence-corrected chi connectivity index (χ1v) is 19.2. The summed E-state index contributed by atoms with van der Waals surface area (Å²) < 4.78 is 30.9. The van der Waals surface area contributed by atoms with Crippen molar-refractivity contribution in [2.24, 2.45) is 11.3 Å². The first-order valence-electron chi connectivity index (χ1n) is 17.7. The van der Waals surface area contributed by atoms with Gasteiger partial charge in [-0.05, 0) is 89.0 Å². The fourth-order valence-corrected chi connectivity index (χ4v) is 7.72. The van der Waals surface area contributed by atoms with Crippen molar-refractivity contribution in [1.82, 2.24) is 14.7 Å². The average molecular weight is 684 g/mol. The van der Waals surface area contributed by atoms with E-state index in [2.05, 4.69) is 42.7 Å². The number of benzene rings is 2. The van der Waals surface area contributed by atoms with E-state index in [1.54, 1.807) is 37.8 Å². The maximum Gasteiger partial charge on any atom is 0.410 e. The number of amides is 2.